The molecule has 0 fully saturated rings. The van der Waals surface area contributed by atoms with E-state index in [1.54, 1.807) is 6.08 Å². The van der Waals surface area contributed by atoms with E-state index < -0.39 is 6.04 Å². The lowest BCUT2D eigenvalue weighted by molar-refractivity contribution is -0.0103. The zero-order valence-electron chi connectivity index (χ0n) is 9.02. The van der Waals surface area contributed by atoms with Crippen LogP contribution in [0.1, 0.15) is 24.9 Å². The molecule has 2 rings (SSSR count). The maximum atomic E-state index is 13.6. The van der Waals surface area contributed by atoms with E-state index in [0.29, 0.717) is 23.7 Å². The van der Waals surface area contributed by atoms with Crippen LogP contribution in [0.3, 0.4) is 0 Å². The molecule has 3 nitrogen and oxygen atoms in total. The molecule has 1 heterocycles. The van der Waals surface area contributed by atoms with Crippen LogP contribution in [0.15, 0.2) is 29.8 Å². The summed E-state index contributed by atoms with van der Waals surface area (Å²) in [5.41, 5.74) is 1.57. The summed E-state index contributed by atoms with van der Waals surface area (Å²) in [5, 5.41) is 19.5. The summed E-state index contributed by atoms with van der Waals surface area (Å²) in [5.74, 6) is -0.109. The molecule has 2 N–H and O–H groups in total. The fourth-order valence-corrected chi connectivity index (χ4v) is 1.88. The monoisotopic (exact) mass is 223 g/mol. The molecule has 0 spiro atoms. The first-order chi connectivity index (χ1) is 7.58. The van der Waals surface area contributed by atoms with Crippen molar-refractivity contribution in [2.24, 2.45) is 0 Å². The van der Waals surface area contributed by atoms with Crippen LogP contribution in [0.25, 0.3) is 0 Å². The topological polar surface area (TPSA) is 43.7 Å². The van der Waals surface area contributed by atoms with E-state index in [2.05, 4.69) is 0 Å². The lowest BCUT2D eigenvalue weighted by atomic mass is 9.98. The number of aromatic hydroxyl groups is 2. The molecule has 0 saturated heterocycles. The van der Waals surface area contributed by atoms with E-state index in [9.17, 15) is 14.7 Å². The molecule has 0 bridgehead atoms. The van der Waals surface area contributed by atoms with Crippen LogP contribution in [-0.4, -0.2) is 21.9 Å². The molecule has 1 aliphatic heterocycles. The van der Waals surface area contributed by atoms with E-state index in [1.807, 2.05) is 6.92 Å². The molecular formula is C12H14FNO2. The van der Waals surface area contributed by atoms with Gasteiger partial charge in [-0.05, 0) is 25.5 Å². The minimum Gasteiger partial charge on any atom is -0.508 e. The number of rotatable bonds is 1. The van der Waals surface area contributed by atoms with Crippen LogP contribution in [-0.2, 0) is 0 Å². The molecule has 16 heavy (non-hydrogen) atoms. The van der Waals surface area contributed by atoms with Gasteiger partial charge >= 0.3 is 0 Å². The molecule has 1 atom stereocenters. The SMILES string of the molecule is CC1=CC(c2ccc(O)cc2O)N(F)CC1. The van der Waals surface area contributed by atoms with E-state index in [1.165, 1.54) is 18.2 Å². The zero-order valence-corrected chi connectivity index (χ0v) is 9.02. The van der Waals surface area contributed by atoms with Crippen molar-refractivity contribution >= 4 is 0 Å². The molecule has 1 aromatic rings. The molecule has 1 unspecified atom stereocenters. The van der Waals surface area contributed by atoms with Crippen molar-refractivity contribution in [2.75, 3.05) is 6.54 Å². The van der Waals surface area contributed by atoms with Gasteiger partial charge in [-0.15, -0.1) is 9.60 Å². The minimum atomic E-state index is -0.561. The van der Waals surface area contributed by atoms with Crippen LogP contribution in [0, 0.1) is 0 Å². The van der Waals surface area contributed by atoms with Crippen LogP contribution >= 0.6 is 0 Å². The smallest absolute Gasteiger partial charge is 0.124 e. The second-order valence-corrected chi connectivity index (χ2v) is 4.07. The molecule has 0 saturated carbocycles. The van der Waals surface area contributed by atoms with Crippen molar-refractivity contribution in [2.45, 2.75) is 19.4 Å². The van der Waals surface area contributed by atoms with Gasteiger partial charge in [0.05, 0.1) is 6.04 Å². The molecule has 0 aliphatic carbocycles. The quantitative estimate of drug-likeness (QED) is 0.568. The van der Waals surface area contributed by atoms with Crippen molar-refractivity contribution in [1.29, 1.82) is 0 Å². The highest BCUT2D eigenvalue weighted by Crippen LogP contribution is 2.35. The van der Waals surface area contributed by atoms with Crippen LogP contribution in [0.5, 0.6) is 11.5 Å². The van der Waals surface area contributed by atoms with E-state index >= 15 is 0 Å². The zero-order chi connectivity index (χ0) is 11.7. The van der Waals surface area contributed by atoms with E-state index in [4.69, 9.17) is 0 Å². The first-order valence-electron chi connectivity index (χ1n) is 5.19. The van der Waals surface area contributed by atoms with Gasteiger partial charge in [0.2, 0.25) is 0 Å². The highest BCUT2D eigenvalue weighted by Gasteiger charge is 2.24. The van der Waals surface area contributed by atoms with Gasteiger partial charge < -0.3 is 10.2 Å². The van der Waals surface area contributed by atoms with E-state index in [0.717, 1.165) is 5.57 Å². The van der Waals surface area contributed by atoms with Crippen molar-refractivity contribution in [1.82, 2.24) is 5.12 Å². The van der Waals surface area contributed by atoms with Crippen LogP contribution in [0.2, 0.25) is 0 Å². The maximum Gasteiger partial charge on any atom is 0.124 e. The number of benzene rings is 1. The molecule has 1 aromatic carbocycles. The Morgan fingerprint density at radius 3 is 2.81 bits per heavy atom. The predicted octanol–water partition coefficient (Wildman–Crippen LogP) is 2.68. The van der Waals surface area contributed by atoms with Gasteiger partial charge in [0.25, 0.3) is 0 Å². The minimum absolute atomic E-state index is 0.0248. The number of nitrogens with zero attached hydrogens (tertiary/aromatic N) is 1. The molecule has 1 aliphatic rings. The first kappa shape index (κ1) is 11.0. The lowest BCUT2D eigenvalue weighted by Gasteiger charge is -2.27. The third-order valence-corrected chi connectivity index (χ3v) is 2.80. The summed E-state index contributed by atoms with van der Waals surface area (Å²) < 4.78 is 13.6. The number of hydrogen-bond acceptors (Lipinski definition) is 3. The molecule has 0 aromatic heterocycles. The number of phenolic OH excluding ortho intramolecular Hbond substituents is 2. The molecule has 0 radical (unpaired) electrons. The summed E-state index contributed by atoms with van der Waals surface area (Å²) in [7, 11) is 0. The Balaban J connectivity index is 2.39. The number of hydrogen-bond donors (Lipinski definition) is 2. The summed E-state index contributed by atoms with van der Waals surface area (Å²) in [6.45, 7) is 2.27. The highest BCUT2D eigenvalue weighted by atomic mass is 19.2. The Labute approximate surface area is 93.4 Å². The molecular weight excluding hydrogens is 209 g/mol. The fraction of sp³-hybridized carbons (Fsp3) is 0.333. The molecule has 86 valence electrons. The van der Waals surface area contributed by atoms with Gasteiger partial charge in [-0.2, -0.15) is 0 Å². The Bertz CT molecular complexity index is 431. The van der Waals surface area contributed by atoms with Gasteiger partial charge in [-0.25, -0.2) is 0 Å². The summed E-state index contributed by atoms with van der Waals surface area (Å²) in [4.78, 5) is 0. The standard InChI is InChI=1S/C12H14FNO2/c1-8-4-5-14(13)11(6-8)10-3-2-9(15)7-12(10)16/h2-3,6-7,11,15-16H,4-5H2,1H3. The van der Waals surface area contributed by atoms with Crippen molar-refractivity contribution < 1.29 is 14.7 Å². The third-order valence-electron chi connectivity index (χ3n) is 2.80. The highest BCUT2D eigenvalue weighted by molar-refractivity contribution is 5.42. The third kappa shape index (κ3) is 2.02. The average Bonchev–Trinajstić information content (AvgIpc) is 2.22. The molecule has 4 heteroatoms. The van der Waals surface area contributed by atoms with Gasteiger partial charge in [0.1, 0.15) is 11.5 Å². The van der Waals surface area contributed by atoms with Gasteiger partial charge in [-0.3, -0.25) is 0 Å². The number of halogens is 1. The van der Waals surface area contributed by atoms with Crippen LogP contribution in [0.4, 0.5) is 4.48 Å². The average molecular weight is 223 g/mol. The Hall–Kier alpha value is -1.55. The summed E-state index contributed by atoms with van der Waals surface area (Å²) in [6.07, 6.45) is 2.49. The first-order valence-corrected chi connectivity index (χ1v) is 5.19. The summed E-state index contributed by atoms with van der Waals surface area (Å²) in [6, 6.07) is 3.65. The summed E-state index contributed by atoms with van der Waals surface area (Å²) >= 11 is 0. The normalized spacial score (nSPS) is 21.9. The second-order valence-electron chi connectivity index (χ2n) is 4.07. The Morgan fingerprint density at radius 1 is 1.38 bits per heavy atom. The van der Waals surface area contributed by atoms with Crippen molar-refractivity contribution in [3.63, 3.8) is 0 Å². The Morgan fingerprint density at radius 2 is 2.12 bits per heavy atom. The Kier molecular flexibility index (Phi) is 2.83. The van der Waals surface area contributed by atoms with Crippen LogP contribution < -0.4 is 0 Å². The van der Waals surface area contributed by atoms with Crippen molar-refractivity contribution in [3.05, 3.63) is 35.4 Å². The molecule has 0 amide bonds. The second kappa shape index (κ2) is 4.14. The largest absolute Gasteiger partial charge is 0.508 e. The lowest BCUT2D eigenvalue weighted by Crippen LogP contribution is -2.24. The maximum absolute atomic E-state index is 13.6. The van der Waals surface area contributed by atoms with Crippen molar-refractivity contribution in [3.8, 4) is 11.5 Å². The predicted molar refractivity (Wildman–Crippen MR) is 58.7 cm³/mol. The van der Waals surface area contributed by atoms with E-state index in [-0.39, 0.29) is 11.5 Å². The van der Waals surface area contributed by atoms with Gasteiger partial charge in [0.15, 0.2) is 0 Å². The van der Waals surface area contributed by atoms with Gasteiger partial charge in [0, 0.05) is 18.2 Å². The van der Waals surface area contributed by atoms with Gasteiger partial charge in [-0.1, -0.05) is 11.6 Å². The number of phenols is 2. The fourth-order valence-electron chi connectivity index (χ4n) is 1.88.